The Morgan fingerprint density at radius 1 is 1.29 bits per heavy atom. The summed E-state index contributed by atoms with van der Waals surface area (Å²) in [5.74, 6) is -0.963. The number of carbonyl (C=O) groups is 1. The second-order valence-electron chi connectivity index (χ2n) is 6.60. The summed E-state index contributed by atoms with van der Waals surface area (Å²) in [6, 6.07) is 5.07. The van der Waals surface area contributed by atoms with E-state index in [1.165, 1.54) is 35.3 Å². The number of nitrogens with one attached hydrogen (secondary N) is 1. The predicted octanol–water partition coefficient (Wildman–Crippen LogP) is 0.730. The van der Waals surface area contributed by atoms with Gasteiger partial charge in [-0.05, 0) is 24.6 Å². The van der Waals surface area contributed by atoms with Gasteiger partial charge in [0, 0.05) is 5.69 Å². The van der Waals surface area contributed by atoms with Gasteiger partial charge in [0.25, 0.3) is 0 Å². The minimum absolute atomic E-state index is 0.0248. The fourth-order valence-corrected chi connectivity index (χ4v) is 5.00. The number of benzene rings is 1. The number of sulfone groups is 1. The molecule has 11 heteroatoms. The predicted molar refractivity (Wildman–Crippen MR) is 99.1 cm³/mol. The van der Waals surface area contributed by atoms with Gasteiger partial charge in [-0.1, -0.05) is 6.07 Å². The van der Waals surface area contributed by atoms with Crippen molar-refractivity contribution in [3.8, 4) is 0 Å². The molecular formula is C17H16FN5O4S. The van der Waals surface area contributed by atoms with Gasteiger partial charge in [-0.25, -0.2) is 17.6 Å². The number of hydrogen-bond donors (Lipinski definition) is 1. The summed E-state index contributed by atoms with van der Waals surface area (Å²) in [6.45, 7) is -0.339. The highest BCUT2D eigenvalue weighted by atomic mass is 32.2. The van der Waals surface area contributed by atoms with Crippen LogP contribution in [0.3, 0.4) is 0 Å². The van der Waals surface area contributed by atoms with Crippen LogP contribution < -0.4 is 11.0 Å². The molecule has 3 aromatic rings. The first-order valence-corrected chi connectivity index (χ1v) is 10.3. The van der Waals surface area contributed by atoms with Crippen molar-refractivity contribution in [2.45, 2.75) is 19.0 Å². The molecular weight excluding hydrogens is 389 g/mol. The van der Waals surface area contributed by atoms with E-state index in [-0.39, 0.29) is 29.8 Å². The fraction of sp³-hybridized carbons (Fsp3) is 0.294. The van der Waals surface area contributed by atoms with Crippen LogP contribution in [0.25, 0.3) is 11.0 Å². The third kappa shape index (κ3) is 3.52. The van der Waals surface area contributed by atoms with Crippen molar-refractivity contribution in [1.82, 2.24) is 19.3 Å². The molecule has 9 nitrogen and oxygen atoms in total. The first-order valence-electron chi connectivity index (χ1n) is 8.51. The van der Waals surface area contributed by atoms with E-state index in [9.17, 15) is 22.4 Å². The molecule has 1 aromatic carbocycles. The van der Waals surface area contributed by atoms with E-state index in [4.69, 9.17) is 0 Å². The third-order valence-electron chi connectivity index (χ3n) is 4.60. The number of carbonyl (C=O) groups excluding carboxylic acids is 1. The molecule has 4 rings (SSSR count). The average Bonchev–Trinajstić information content (AvgIpc) is 3.20. The largest absolute Gasteiger partial charge is 0.348 e. The van der Waals surface area contributed by atoms with Crippen LogP contribution in [0.5, 0.6) is 0 Å². The lowest BCUT2D eigenvalue weighted by Crippen LogP contribution is -2.29. The van der Waals surface area contributed by atoms with E-state index in [0.717, 1.165) is 10.6 Å². The molecule has 1 amide bonds. The summed E-state index contributed by atoms with van der Waals surface area (Å²) in [6.07, 6.45) is 3.17. The number of halogens is 1. The van der Waals surface area contributed by atoms with E-state index in [0.29, 0.717) is 17.5 Å². The fourth-order valence-electron chi connectivity index (χ4n) is 3.31. The Morgan fingerprint density at radius 3 is 2.82 bits per heavy atom. The number of nitrogens with zero attached hydrogens (tertiary/aromatic N) is 4. The molecule has 1 aliphatic rings. The highest BCUT2D eigenvalue weighted by Gasteiger charge is 2.31. The smallest absolute Gasteiger partial charge is 0.324 e. The molecule has 146 valence electrons. The van der Waals surface area contributed by atoms with Crippen molar-refractivity contribution in [2.75, 3.05) is 16.8 Å². The van der Waals surface area contributed by atoms with Gasteiger partial charge >= 0.3 is 5.69 Å². The zero-order valence-corrected chi connectivity index (χ0v) is 15.4. The number of amides is 1. The van der Waals surface area contributed by atoms with Gasteiger partial charge in [0.15, 0.2) is 9.84 Å². The SMILES string of the molecule is O=C(Cn1c(=O)ncc2c1cnn2C1CCS(=O)(=O)C1)Nc1cccc(F)c1. The number of fused-ring (bicyclic) bond motifs is 1. The Balaban J connectivity index is 1.63. The van der Waals surface area contributed by atoms with E-state index < -0.39 is 27.3 Å². The summed E-state index contributed by atoms with van der Waals surface area (Å²) < 4.78 is 39.4. The van der Waals surface area contributed by atoms with Crippen LogP contribution in [0, 0.1) is 5.82 Å². The molecule has 1 saturated heterocycles. The maximum Gasteiger partial charge on any atom is 0.348 e. The maximum atomic E-state index is 13.3. The Bertz CT molecular complexity index is 1230. The molecule has 3 heterocycles. The van der Waals surface area contributed by atoms with Crippen molar-refractivity contribution in [2.24, 2.45) is 0 Å². The lowest BCUT2D eigenvalue weighted by Gasteiger charge is -2.11. The Labute approximate surface area is 158 Å². The van der Waals surface area contributed by atoms with Crippen LogP contribution in [0.15, 0.2) is 41.5 Å². The molecule has 1 N–H and O–H groups in total. The molecule has 0 radical (unpaired) electrons. The van der Waals surface area contributed by atoms with E-state index in [1.807, 2.05) is 0 Å². The molecule has 0 saturated carbocycles. The zero-order chi connectivity index (χ0) is 19.9. The molecule has 0 aliphatic carbocycles. The standard InChI is InChI=1S/C17H16FN5O4S/c18-11-2-1-3-12(6-11)21-16(24)9-22-14-8-20-23(15(14)7-19-17(22)25)13-4-5-28(26,27)10-13/h1-3,6-8,13H,4-5,9-10H2,(H,21,24). The van der Waals surface area contributed by atoms with Gasteiger partial charge in [0.1, 0.15) is 17.9 Å². The lowest BCUT2D eigenvalue weighted by atomic mass is 10.2. The van der Waals surface area contributed by atoms with Crippen LogP contribution in [0.4, 0.5) is 10.1 Å². The van der Waals surface area contributed by atoms with Gasteiger partial charge in [-0.3, -0.25) is 14.0 Å². The van der Waals surface area contributed by atoms with E-state index in [1.54, 1.807) is 0 Å². The van der Waals surface area contributed by atoms with Gasteiger partial charge in [-0.2, -0.15) is 10.1 Å². The summed E-state index contributed by atoms with van der Waals surface area (Å²) >= 11 is 0. The Morgan fingerprint density at radius 2 is 2.11 bits per heavy atom. The number of aromatic nitrogens is 4. The summed E-state index contributed by atoms with van der Waals surface area (Å²) in [4.78, 5) is 28.3. The lowest BCUT2D eigenvalue weighted by molar-refractivity contribution is -0.116. The van der Waals surface area contributed by atoms with Crippen molar-refractivity contribution < 1.29 is 17.6 Å². The number of hydrogen-bond acceptors (Lipinski definition) is 6. The molecule has 28 heavy (non-hydrogen) atoms. The topological polar surface area (TPSA) is 116 Å². The molecule has 1 atom stereocenters. The molecule has 1 fully saturated rings. The second kappa shape index (κ2) is 6.82. The van der Waals surface area contributed by atoms with Gasteiger partial charge in [0.05, 0.1) is 35.5 Å². The molecule has 1 aliphatic heterocycles. The summed E-state index contributed by atoms with van der Waals surface area (Å²) in [7, 11) is -3.11. The monoisotopic (exact) mass is 405 g/mol. The minimum atomic E-state index is -3.11. The van der Waals surface area contributed by atoms with Crippen LogP contribution >= 0.6 is 0 Å². The van der Waals surface area contributed by atoms with E-state index >= 15 is 0 Å². The third-order valence-corrected chi connectivity index (χ3v) is 6.35. The van der Waals surface area contributed by atoms with Gasteiger partial charge in [0.2, 0.25) is 5.91 Å². The van der Waals surface area contributed by atoms with Crippen molar-refractivity contribution in [1.29, 1.82) is 0 Å². The number of rotatable bonds is 4. The van der Waals surface area contributed by atoms with Crippen LogP contribution in [-0.2, 0) is 21.2 Å². The Kier molecular flexibility index (Phi) is 4.46. The van der Waals surface area contributed by atoms with Crippen molar-refractivity contribution >= 4 is 32.5 Å². The van der Waals surface area contributed by atoms with Crippen LogP contribution in [0.2, 0.25) is 0 Å². The molecule has 1 unspecified atom stereocenters. The molecule has 0 spiro atoms. The first kappa shape index (κ1) is 18.3. The highest BCUT2D eigenvalue weighted by Crippen LogP contribution is 2.26. The van der Waals surface area contributed by atoms with Crippen LogP contribution in [-0.4, -0.2) is 45.2 Å². The minimum Gasteiger partial charge on any atom is -0.324 e. The second-order valence-corrected chi connectivity index (χ2v) is 8.83. The van der Waals surface area contributed by atoms with Gasteiger partial charge < -0.3 is 5.32 Å². The Hall–Kier alpha value is -3.08. The summed E-state index contributed by atoms with van der Waals surface area (Å²) in [5.41, 5.74) is 0.476. The zero-order valence-electron chi connectivity index (χ0n) is 14.6. The highest BCUT2D eigenvalue weighted by molar-refractivity contribution is 7.91. The summed E-state index contributed by atoms with van der Waals surface area (Å²) in [5, 5.41) is 6.74. The van der Waals surface area contributed by atoms with Crippen molar-refractivity contribution in [3.05, 3.63) is 53.0 Å². The molecule has 0 bridgehead atoms. The van der Waals surface area contributed by atoms with Gasteiger partial charge in [-0.15, -0.1) is 0 Å². The van der Waals surface area contributed by atoms with Crippen molar-refractivity contribution in [3.63, 3.8) is 0 Å². The quantitative estimate of drug-likeness (QED) is 0.684. The average molecular weight is 405 g/mol. The maximum absolute atomic E-state index is 13.3. The number of anilines is 1. The normalized spacial score (nSPS) is 18.4. The first-order chi connectivity index (χ1) is 13.3. The molecule has 2 aromatic heterocycles. The van der Waals surface area contributed by atoms with E-state index in [2.05, 4.69) is 15.4 Å². The van der Waals surface area contributed by atoms with Crippen LogP contribution in [0.1, 0.15) is 12.5 Å².